The molecule has 0 aliphatic carbocycles. The quantitative estimate of drug-likeness (QED) is 0.829. The lowest BCUT2D eigenvalue weighted by Crippen LogP contribution is -2.03. The van der Waals surface area contributed by atoms with Crippen LogP contribution in [0.1, 0.15) is 24.5 Å². The molecule has 0 atom stereocenters. The van der Waals surface area contributed by atoms with E-state index < -0.39 is 0 Å². The van der Waals surface area contributed by atoms with E-state index in [9.17, 15) is 0 Å². The molecule has 2 heteroatoms. The van der Waals surface area contributed by atoms with Gasteiger partial charge in [0.15, 0.2) is 0 Å². The lowest BCUT2D eigenvalue weighted by atomic mass is 10.0. The molecular weight excluding hydrogens is 232 g/mol. The zero-order valence-corrected chi connectivity index (χ0v) is 11.8. The average molecular weight is 252 g/mol. The average Bonchev–Trinajstić information content (AvgIpc) is 2.44. The molecule has 0 amide bonds. The summed E-state index contributed by atoms with van der Waals surface area (Å²) < 4.78 is 0. The second kappa shape index (κ2) is 5.70. The number of allylic oxidation sites excluding steroid dienone is 2. The summed E-state index contributed by atoms with van der Waals surface area (Å²) in [6.45, 7) is 4.18. The number of fused-ring (bicyclic) bond motifs is 1. The third kappa shape index (κ3) is 2.84. The van der Waals surface area contributed by atoms with E-state index >= 15 is 0 Å². The molecule has 2 aromatic rings. The molecule has 0 aromatic heterocycles. The highest BCUT2D eigenvalue weighted by Crippen LogP contribution is 2.20. The Kier molecular flexibility index (Phi) is 4.00. The number of aryl methyl sites for hydroxylation is 1. The molecule has 19 heavy (non-hydrogen) atoms. The third-order valence-electron chi connectivity index (χ3n) is 3.37. The summed E-state index contributed by atoms with van der Waals surface area (Å²) >= 11 is 0. The molecule has 2 aromatic carbocycles. The molecule has 0 radical (unpaired) electrons. The van der Waals surface area contributed by atoms with E-state index in [0.29, 0.717) is 0 Å². The highest BCUT2D eigenvalue weighted by Gasteiger charge is 2.03. The van der Waals surface area contributed by atoms with Gasteiger partial charge >= 0.3 is 0 Å². The van der Waals surface area contributed by atoms with Crippen LogP contribution in [0.15, 0.2) is 53.2 Å². The minimum atomic E-state index is 0.839. The van der Waals surface area contributed by atoms with Gasteiger partial charge in [0.1, 0.15) is 0 Å². The van der Waals surface area contributed by atoms with Crippen LogP contribution in [-0.4, -0.2) is 12.8 Å². The molecule has 2 nitrogen and oxygen atoms in total. The minimum absolute atomic E-state index is 0.839. The van der Waals surface area contributed by atoms with Gasteiger partial charge in [0.05, 0.1) is 5.71 Å². The van der Waals surface area contributed by atoms with Crippen molar-refractivity contribution in [3.63, 3.8) is 0 Å². The highest BCUT2D eigenvalue weighted by atomic mass is 14.7. The van der Waals surface area contributed by atoms with Gasteiger partial charge in [-0.15, -0.1) is 0 Å². The molecule has 0 bridgehead atoms. The van der Waals surface area contributed by atoms with Gasteiger partial charge in [0, 0.05) is 18.3 Å². The topological polar surface area (TPSA) is 38.4 Å². The molecule has 0 fully saturated rings. The van der Waals surface area contributed by atoms with E-state index in [-0.39, 0.29) is 0 Å². The number of nitrogens with two attached hydrogens (primary N) is 1. The standard InChI is InChI=1S/C17H20N2/c1-4-15(18)11-17(19-3)14-8-9-16-12(2)6-5-7-13(16)10-14/h5-11H,4,18H2,1-3H3/b15-11-,19-17?. The molecule has 0 unspecified atom stereocenters. The monoisotopic (exact) mass is 252 g/mol. The van der Waals surface area contributed by atoms with Crippen molar-refractivity contribution in [1.82, 2.24) is 0 Å². The highest BCUT2D eigenvalue weighted by molar-refractivity contribution is 6.10. The molecule has 0 aliphatic rings. The molecule has 0 saturated carbocycles. The van der Waals surface area contributed by atoms with Gasteiger partial charge in [-0.05, 0) is 41.8 Å². The molecule has 0 heterocycles. The molecule has 2 rings (SSSR count). The number of rotatable bonds is 3. The van der Waals surface area contributed by atoms with Crippen molar-refractivity contribution in [2.75, 3.05) is 7.05 Å². The van der Waals surface area contributed by atoms with Gasteiger partial charge in [-0.25, -0.2) is 0 Å². The van der Waals surface area contributed by atoms with Crippen molar-refractivity contribution in [3.8, 4) is 0 Å². The first-order chi connectivity index (χ1) is 9.15. The first-order valence-electron chi connectivity index (χ1n) is 6.58. The lowest BCUT2D eigenvalue weighted by molar-refractivity contribution is 1.07. The summed E-state index contributed by atoms with van der Waals surface area (Å²) in [7, 11) is 1.80. The van der Waals surface area contributed by atoms with Crippen molar-refractivity contribution < 1.29 is 0 Å². The normalized spacial score (nSPS) is 13.0. The first-order valence-corrected chi connectivity index (χ1v) is 6.58. The van der Waals surface area contributed by atoms with E-state index in [1.54, 1.807) is 7.05 Å². The number of nitrogens with zero attached hydrogens (tertiary/aromatic N) is 1. The Bertz CT molecular complexity index is 651. The number of aliphatic imine (C=N–C) groups is 1. The fourth-order valence-corrected chi connectivity index (χ4v) is 2.16. The summed E-state index contributed by atoms with van der Waals surface area (Å²) in [5, 5.41) is 2.52. The minimum Gasteiger partial charge on any atom is -0.402 e. The van der Waals surface area contributed by atoms with Crippen LogP contribution in [0.5, 0.6) is 0 Å². The maximum absolute atomic E-state index is 5.90. The molecule has 0 spiro atoms. The van der Waals surface area contributed by atoms with Crippen LogP contribution >= 0.6 is 0 Å². The first kappa shape index (κ1) is 13.3. The summed E-state index contributed by atoms with van der Waals surface area (Å²) in [5.41, 5.74) is 10.1. The van der Waals surface area contributed by atoms with Gasteiger partial charge in [-0.3, -0.25) is 4.99 Å². The summed E-state index contributed by atoms with van der Waals surface area (Å²) in [4.78, 5) is 4.34. The molecule has 98 valence electrons. The Morgan fingerprint density at radius 3 is 2.74 bits per heavy atom. The lowest BCUT2D eigenvalue weighted by Gasteiger charge is -2.07. The van der Waals surface area contributed by atoms with Gasteiger partial charge < -0.3 is 5.73 Å². The second-order valence-electron chi connectivity index (χ2n) is 4.69. The van der Waals surface area contributed by atoms with E-state index in [2.05, 4.69) is 48.3 Å². The maximum Gasteiger partial charge on any atom is 0.0660 e. The zero-order valence-electron chi connectivity index (χ0n) is 11.8. The van der Waals surface area contributed by atoms with Crippen LogP contribution in [0.2, 0.25) is 0 Å². The summed E-state index contributed by atoms with van der Waals surface area (Å²) in [5.74, 6) is 0. The van der Waals surface area contributed by atoms with Crippen molar-refractivity contribution in [3.05, 3.63) is 59.3 Å². The van der Waals surface area contributed by atoms with Crippen LogP contribution in [0, 0.1) is 6.92 Å². The van der Waals surface area contributed by atoms with Gasteiger partial charge in [-0.1, -0.05) is 37.3 Å². The van der Waals surface area contributed by atoms with Crippen molar-refractivity contribution in [2.24, 2.45) is 10.7 Å². The van der Waals surface area contributed by atoms with Gasteiger partial charge in [0.2, 0.25) is 0 Å². The largest absolute Gasteiger partial charge is 0.402 e. The molecule has 0 saturated heterocycles. The molecule has 0 aliphatic heterocycles. The SMILES string of the molecule is CC/C(N)=C/C(=NC)c1ccc2c(C)cccc2c1. The van der Waals surface area contributed by atoms with Crippen LogP contribution in [0.25, 0.3) is 10.8 Å². The Morgan fingerprint density at radius 2 is 2.05 bits per heavy atom. The smallest absolute Gasteiger partial charge is 0.0660 e. The van der Waals surface area contributed by atoms with E-state index in [1.807, 2.05) is 13.0 Å². The van der Waals surface area contributed by atoms with E-state index in [0.717, 1.165) is 23.4 Å². The fraction of sp³-hybridized carbons (Fsp3) is 0.235. The van der Waals surface area contributed by atoms with E-state index in [1.165, 1.54) is 16.3 Å². The molecular formula is C17H20N2. The van der Waals surface area contributed by atoms with Gasteiger partial charge in [-0.2, -0.15) is 0 Å². The fourth-order valence-electron chi connectivity index (χ4n) is 2.16. The summed E-state index contributed by atoms with van der Waals surface area (Å²) in [6, 6.07) is 12.8. The van der Waals surface area contributed by atoms with Crippen LogP contribution in [0.3, 0.4) is 0 Å². The van der Waals surface area contributed by atoms with Crippen LogP contribution < -0.4 is 5.73 Å². The Labute approximate surface area is 114 Å². The number of benzene rings is 2. The van der Waals surface area contributed by atoms with Crippen LogP contribution in [-0.2, 0) is 0 Å². The maximum atomic E-state index is 5.90. The second-order valence-corrected chi connectivity index (χ2v) is 4.69. The van der Waals surface area contributed by atoms with Gasteiger partial charge in [0.25, 0.3) is 0 Å². The molecule has 2 N–H and O–H groups in total. The predicted octanol–water partition coefficient (Wildman–Crippen LogP) is 3.82. The summed E-state index contributed by atoms with van der Waals surface area (Å²) in [6.07, 6.45) is 2.79. The predicted molar refractivity (Wildman–Crippen MR) is 83.7 cm³/mol. The Morgan fingerprint density at radius 1 is 1.26 bits per heavy atom. The Balaban J connectivity index is 2.51. The van der Waals surface area contributed by atoms with Crippen molar-refractivity contribution >= 4 is 16.5 Å². The van der Waals surface area contributed by atoms with Crippen molar-refractivity contribution in [1.29, 1.82) is 0 Å². The third-order valence-corrected chi connectivity index (χ3v) is 3.37. The number of hydrogen-bond donors (Lipinski definition) is 1. The van der Waals surface area contributed by atoms with Crippen molar-refractivity contribution in [2.45, 2.75) is 20.3 Å². The zero-order chi connectivity index (χ0) is 13.8. The van der Waals surface area contributed by atoms with Crippen LogP contribution in [0.4, 0.5) is 0 Å². The van der Waals surface area contributed by atoms with E-state index in [4.69, 9.17) is 5.73 Å². The number of hydrogen-bond acceptors (Lipinski definition) is 2. The Hall–Kier alpha value is -2.09.